The summed E-state index contributed by atoms with van der Waals surface area (Å²) in [4.78, 5) is 4.24. The first-order valence-corrected chi connectivity index (χ1v) is 9.62. The molecule has 1 heterocycles. The van der Waals surface area contributed by atoms with Crippen LogP contribution in [-0.2, 0) is 9.47 Å². The SMILES string of the molecule is CN=C(NCCCOCC1CCOC1)NCC(C)Oc1cccc(OC)c1. The molecule has 1 fully saturated rings. The van der Waals surface area contributed by atoms with Gasteiger partial charge in [-0.2, -0.15) is 0 Å². The molecule has 0 aromatic heterocycles. The van der Waals surface area contributed by atoms with E-state index in [9.17, 15) is 0 Å². The molecule has 0 spiro atoms. The van der Waals surface area contributed by atoms with Crippen LogP contribution in [0, 0.1) is 5.92 Å². The average molecular weight is 380 g/mol. The number of hydrogen-bond donors (Lipinski definition) is 2. The molecule has 2 unspecified atom stereocenters. The van der Waals surface area contributed by atoms with Crippen LogP contribution in [-0.4, -0.2) is 65.7 Å². The van der Waals surface area contributed by atoms with E-state index < -0.39 is 0 Å². The number of hydrogen-bond acceptors (Lipinski definition) is 5. The van der Waals surface area contributed by atoms with Crippen LogP contribution >= 0.6 is 0 Å². The molecule has 0 radical (unpaired) electrons. The Kier molecular flexibility index (Phi) is 9.79. The maximum atomic E-state index is 5.90. The van der Waals surface area contributed by atoms with Crippen molar-refractivity contribution in [3.05, 3.63) is 24.3 Å². The van der Waals surface area contributed by atoms with E-state index in [4.69, 9.17) is 18.9 Å². The first-order chi connectivity index (χ1) is 13.2. The lowest BCUT2D eigenvalue weighted by atomic mass is 10.1. The fourth-order valence-corrected chi connectivity index (χ4v) is 2.76. The minimum Gasteiger partial charge on any atom is -0.497 e. The second-order valence-electron chi connectivity index (χ2n) is 6.65. The van der Waals surface area contributed by atoms with Crippen molar-refractivity contribution in [1.29, 1.82) is 0 Å². The zero-order chi connectivity index (χ0) is 19.3. The van der Waals surface area contributed by atoms with Crippen LogP contribution in [0.15, 0.2) is 29.3 Å². The lowest BCUT2D eigenvalue weighted by Crippen LogP contribution is -2.42. The summed E-state index contributed by atoms with van der Waals surface area (Å²) >= 11 is 0. The van der Waals surface area contributed by atoms with Gasteiger partial charge < -0.3 is 29.6 Å². The molecule has 2 N–H and O–H groups in total. The van der Waals surface area contributed by atoms with Crippen molar-refractivity contribution in [2.24, 2.45) is 10.9 Å². The van der Waals surface area contributed by atoms with E-state index >= 15 is 0 Å². The summed E-state index contributed by atoms with van der Waals surface area (Å²) in [7, 11) is 3.41. The molecule has 1 saturated heterocycles. The number of aliphatic imine (C=N–C) groups is 1. The quantitative estimate of drug-likeness (QED) is 0.348. The maximum Gasteiger partial charge on any atom is 0.191 e. The van der Waals surface area contributed by atoms with Crippen molar-refractivity contribution in [2.45, 2.75) is 25.9 Å². The number of nitrogens with zero attached hydrogens (tertiary/aromatic N) is 1. The van der Waals surface area contributed by atoms with Gasteiger partial charge in [-0.3, -0.25) is 4.99 Å². The Hall–Kier alpha value is -1.99. The Morgan fingerprint density at radius 3 is 2.93 bits per heavy atom. The van der Waals surface area contributed by atoms with Crippen LogP contribution in [0.25, 0.3) is 0 Å². The normalized spacial score (nSPS) is 18.2. The molecule has 1 aromatic rings. The predicted molar refractivity (Wildman–Crippen MR) is 107 cm³/mol. The number of benzene rings is 1. The molecule has 1 aliphatic rings. The van der Waals surface area contributed by atoms with Crippen molar-refractivity contribution >= 4 is 5.96 Å². The second kappa shape index (κ2) is 12.4. The van der Waals surface area contributed by atoms with Gasteiger partial charge in [0.1, 0.15) is 17.6 Å². The summed E-state index contributed by atoms with van der Waals surface area (Å²) in [5, 5.41) is 6.57. The van der Waals surface area contributed by atoms with Crippen LogP contribution in [0.3, 0.4) is 0 Å². The Bertz CT molecular complexity index is 562. The van der Waals surface area contributed by atoms with Crippen LogP contribution in [0.5, 0.6) is 11.5 Å². The molecular formula is C20H33N3O4. The Morgan fingerprint density at radius 2 is 2.19 bits per heavy atom. The number of ether oxygens (including phenoxy) is 4. The smallest absolute Gasteiger partial charge is 0.191 e. The number of rotatable bonds is 11. The second-order valence-corrected chi connectivity index (χ2v) is 6.65. The molecule has 2 atom stereocenters. The molecule has 27 heavy (non-hydrogen) atoms. The first-order valence-electron chi connectivity index (χ1n) is 9.62. The molecule has 1 aliphatic heterocycles. The number of methoxy groups -OCH3 is 1. The van der Waals surface area contributed by atoms with Gasteiger partial charge >= 0.3 is 0 Å². The maximum absolute atomic E-state index is 5.90. The van der Waals surface area contributed by atoms with Gasteiger partial charge in [-0.25, -0.2) is 0 Å². The fourth-order valence-electron chi connectivity index (χ4n) is 2.76. The highest BCUT2D eigenvalue weighted by Crippen LogP contribution is 2.19. The third kappa shape index (κ3) is 8.49. The van der Waals surface area contributed by atoms with Gasteiger partial charge in [-0.15, -0.1) is 0 Å². The van der Waals surface area contributed by atoms with E-state index in [2.05, 4.69) is 15.6 Å². The van der Waals surface area contributed by atoms with Crippen molar-refractivity contribution in [1.82, 2.24) is 10.6 Å². The molecule has 0 saturated carbocycles. The van der Waals surface area contributed by atoms with Crippen LogP contribution in [0.4, 0.5) is 0 Å². The zero-order valence-electron chi connectivity index (χ0n) is 16.7. The molecule has 2 rings (SSSR count). The highest BCUT2D eigenvalue weighted by Gasteiger charge is 2.15. The van der Waals surface area contributed by atoms with Gasteiger partial charge in [0.2, 0.25) is 0 Å². The van der Waals surface area contributed by atoms with Crippen LogP contribution < -0.4 is 20.1 Å². The molecule has 152 valence electrons. The molecular weight excluding hydrogens is 346 g/mol. The van der Waals surface area contributed by atoms with Gasteiger partial charge in [-0.05, 0) is 31.9 Å². The molecule has 7 nitrogen and oxygen atoms in total. The third-order valence-corrected chi connectivity index (χ3v) is 4.29. The monoisotopic (exact) mass is 379 g/mol. The van der Waals surface area contributed by atoms with Crippen LogP contribution in [0.1, 0.15) is 19.8 Å². The largest absolute Gasteiger partial charge is 0.497 e. The van der Waals surface area contributed by atoms with Gasteiger partial charge in [0.25, 0.3) is 0 Å². The summed E-state index contributed by atoms with van der Waals surface area (Å²) < 4.78 is 22.2. The lowest BCUT2D eigenvalue weighted by molar-refractivity contribution is 0.0888. The predicted octanol–water partition coefficient (Wildman–Crippen LogP) is 2.07. The van der Waals surface area contributed by atoms with E-state index in [1.54, 1.807) is 14.2 Å². The minimum absolute atomic E-state index is 0.00683. The number of nitrogens with one attached hydrogen (secondary N) is 2. The summed E-state index contributed by atoms with van der Waals surface area (Å²) in [5.41, 5.74) is 0. The van der Waals surface area contributed by atoms with E-state index in [1.165, 1.54) is 0 Å². The van der Waals surface area contributed by atoms with Gasteiger partial charge in [-0.1, -0.05) is 6.07 Å². The molecule has 7 heteroatoms. The molecule has 0 amide bonds. The summed E-state index contributed by atoms with van der Waals surface area (Å²) in [6.07, 6.45) is 2.04. The van der Waals surface area contributed by atoms with Gasteiger partial charge in [0.15, 0.2) is 5.96 Å². The number of guanidine groups is 1. The Morgan fingerprint density at radius 1 is 1.33 bits per heavy atom. The standard InChI is InChI=1S/C20H33N3O4/c1-16(27-19-7-4-6-18(12-19)24-3)13-23-20(21-2)22-9-5-10-25-14-17-8-11-26-15-17/h4,6-7,12,16-17H,5,8-11,13-15H2,1-3H3,(H2,21,22,23). The van der Waals surface area contributed by atoms with Gasteiger partial charge in [0.05, 0.1) is 26.9 Å². The lowest BCUT2D eigenvalue weighted by Gasteiger charge is -2.18. The first kappa shape index (κ1) is 21.3. The van der Waals surface area contributed by atoms with Crippen molar-refractivity contribution in [2.75, 3.05) is 53.7 Å². The topological polar surface area (TPSA) is 73.3 Å². The zero-order valence-corrected chi connectivity index (χ0v) is 16.7. The summed E-state index contributed by atoms with van der Waals surface area (Å²) in [6, 6.07) is 7.61. The van der Waals surface area contributed by atoms with E-state index in [-0.39, 0.29) is 6.10 Å². The Labute approximate surface area is 162 Å². The molecule has 1 aromatic carbocycles. The fraction of sp³-hybridized carbons (Fsp3) is 0.650. The molecule has 0 aliphatic carbocycles. The highest BCUT2D eigenvalue weighted by atomic mass is 16.5. The van der Waals surface area contributed by atoms with E-state index in [0.29, 0.717) is 12.5 Å². The third-order valence-electron chi connectivity index (χ3n) is 4.29. The average Bonchev–Trinajstić information content (AvgIpc) is 3.20. The molecule has 0 bridgehead atoms. The van der Waals surface area contributed by atoms with Crippen molar-refractivity contribution in [3.63, 3.8) is 0 Å². The van der Waals surface area contributed by atoms with Crippen molar-refractivity contribution < 1.29 is 18.9 Å². The highest BCUT2D eigenvalue weighted by molar-refractivity contribution is 5.79. The van der Waals surface area contributed by atoms with Crippen molar-refractivity contribution in [3.8, 4) is 11.5 Å². The summed E-state index contributed by atoms with van der Waals surface area (Å²) in [6.45, 7) is 6.73. The van der Waals surface area contributed by atoms with E-state index in [1.807, 2.05) is 31.2 Å². The minimum atomic E-state index is -0.00683. The van der Waals surface area contributed by atoms with Crippen LogP contribution in [0.2, 0.25) is 0 Å². The summed E-state index contributed by atoms with van der Waals surface area (Å²) in [5.74, 6) is 2.91. The van der Waals surface area contributed by atoms with Gasteiger partial charge in [0, 0.05) is 38.8 Å². The Balaban J connectivity index is 1.56. The van der Waals surface area contributed by atoms with E-state index in [0.717, 1.165) is 63.3 Å².